The Balaban J connectivity index is 1.53. The molecule has 1 fully saturated rings. The molecule has 0 radical (unpaired) electrons. The summed E-state index contributed by atoms with van der Waals surface area (Å²) in [6, 6.07) is 12.2. The Labute approximate surface area is 249 Å². The number of aromatic nitrogens is 2. The third-order valence-corrected chi connectivity index (χ3v) is 7.89. The smallest absolute Gasteiger partial charge is 0.406 e. The zero-order valence-electron chi connectivity index (χ0n) is 22.9. The van der Waals surface area contributed by atoms with Gasteiger partial charge < -0.3 is 29.4 Å². The zero-order chi connectivity index (χ0) is 30.1. The molecule has 1 aromatic heterocycles. The lowest BCUT2D eigenvalue weighted by Gasteiger charge is -2.22. The molecule has 9 nitrogen and oxygen atoms in total. The van der Waals surface area contributed by atoms with Crippen molar-refractivity contribution in [2.24, 2.45) is 0 Å². The Morgan fingerprint density at radius 1 is 1.19 bits per heavy atom. The standard InChI is InChI=1S/C28H32ClF3N4O5S/c1-33-25-24(26(37)34-13-5-15-40-23-8-2-3-14-39-23)36(17-19-9-11-21(29)12-10-19)27(35-25)42(38)18-20-6-4-7-22(16-20)41-28(30,31)32/h4,6-7,9-12,16,23,33H,2-3,5,8,13-15,17-18H2,1H3,(H,34,37). The molecule has 2 aromatic carbocycles. The first-order valence-corrected chi connectivity index (χ1v) is 15.1. The number of imidazole rings is 1. The lowest BCUT2D eigenvalue weighted by atomic mass is 10.2. The second-order valence-electron chi connectivity index (χ2n) is 9.52. The van der Waals surface area contributed by atoms with Crippen molar-refractivity contribution in [3.63, 3.8) is 0 Å². The number of benzene rings is 2. The van der Waals surface area contributed by atoms with Crippen molar-refractivity contribution in [2.45, 2.75) is 55.8 Å². The second kappa shape index (κ2) is 14.9. The summed E-state index contributed by atoms with van der Waals surface area (Å²) in [7, 11) is -0.248. The fraction of sp³-hybridized carbons (Fsp3) is 0.429. The molecule has 1 amide bonds. The first-order valence-electron chi connectivity index (χ1n) is 13.4. The summed E-state index contributed by atoms with van der Waals surface area (Å²) in [5, 5.41) is 6.38. The Kier molecular flexibility index (Phi) is 11.2. The summed E-state index contributed by atoms with van der Waals surface area (Å²) >= 11 is 6.04. The van der Waals surface area contributed by atoms with Crippen LogP contribution in [0.4, 0.5) is 19.0 Å². The van der Waals surface area contributed by atoms with Crippen LogP contribution in [0.25, 0.3) is 0 Å². The van der Waals surface area contributed by atoms with Gasteiger partial charge in [0.2, 0.25) is 5.16 Å². The number of nitrogens with one attached hydrogen (secondary N) is 2. The molecule has 2 heterocycles. The van der Waals surface area contributed by atoms with Gasteiger partial charge in [0.05, 0.1) is 29.7 Å². The number of ether oxygens (including phenoxy) is 3. The molecule has 0 bridgehead atoms. The van der Waals surface area contributed by atoms with Crippen LogP contribution in [-0.2, 0) is 32.6 Å². The van der Waals surface area contributed by atoms with Crippen LogP contribution in [0.2, 0.25) is 5.02 Å². The van der Waals surface area contributed by atoms with E-state index < -0.39 is 28.8 Å². The van der Waals surface area contributed by atoms with Crippen LogP contribution >= 0.6 is 11.6 Å². The number of carbonyl (C=O) groups excluding carboxylic acids is 1. The van der Waals surface area contributed by atoms with E-state index in [0.29, 0.717) is 36.8 Å². The van der Waals surface area contributed by atoms with Crippen LogP contribution in [0.5, 0.6) is 5.75 Å². The molecule has 2 N–H and O–H groups in total. The van der Waals surface area contributed by atoms with Crippen LogP contribution in [0.3, 0.4) is 0 Å². The Morgan fingerprint density at radius 2 is 1.98 bits per heavy atom. The summed E-state index contributed by atoms with van der Waals surface area (Å²) in [5.74, 6) is -0.793. The number of alkyl halides is 3. The normalized spacial score (nSPS) is 16.2. The maximum Gasteiger partial charge on any atom is 0.573 e. The molecule has 4 rings (SSSR count). The number of rotatable bonds is 13. The van der Waals surface area contributed by atoms with Gasteiger partial charge in [-0.3, -0.25) is 9.00 Å². The topological polar surface area (TPSA) is 104 Å². The largest absolute Gasteiger partial charge is 0.573 e. The zero-order valence-corrected chi connectivity index (χ0v) is 24.5. The van der Waals surface area contributed by atoms with Crippen LogP contribution in [-0.4, -0.2) is 59.1 Å². The van der Waals surface area contributed by atoms with Gasteiger partial charge in [-0.25, -0.2) is 4.98 Å². The van der Waals surface area contributed by atoms with E-state index in [-0.39, 0.29) is 35.3 Å². The van der Waals surface area contributed by atoms with Gasteiger partial charge in [-0.2, -0.15) is 0 Å². The number of amides is 1. The first kappa shape index (κ1) is 31.8. The summed E-state index contributed by atoms with van der Waals surface area (Å²) in [6.07, 6.45) is -1.58. The Morgan fingerprint density at radius 3 is 2.67 bits per heavy atom. The minimum atomic E-state index is -4.85. The number of halogens is 4. The minimum Gasteiger partial charge on any atom is -0.406 e. The summed E-state index contributed by atoms with van der Waals surface area (Å²) in [4.78, 5) is 17.9. The quantitative estimate of drug-likeness (QED) is 0.241. The molecule has 0 spiro atoms. The van der Waals surface area contributed by atoms with Gasteiger partial charge in [-0.1, -0.05) is 35.9 Å². The number of carbonyl (C=O) groups is 1. The van der Waals surface area contributed by atoms with Crippen molar-refractivity contribution in [1.29, 1.82) is 0 Å². The van der Waals surface area contributed by atoms with Crippen molar-refractivity contribution < 1.29 is 36.4 Å². The number of nitrogens with zero attached hydrogens (tertiary/aromatic N) is 2. The SMILES string of the molecule is CNc1nc(S(=O)Cc2cccc(OC(F)(F)F)c2)n(Cc2ccc(Cl)cc2)c1C(=O)NCCCOC1CCCCO1. The van der Waals surface area contributed by atoms with Gasteiger partial charge in [0, 0.05) is 25.2 Å². The van der Waals surface area contributed by atoms with E-state index in [9.17, 15) is 22.2 Å². The maximum atomic E-state index is 13.6. The van der Waals surface area contributed by atoms with E-state index >= 15 is 0 Å². The lowest BCUT2D eigenvalue weighted by Crippen LogP contribution is -2.29. The highest BCUT2D eigenvalue weighted by Crippen LogP contribution is 2.27. The third-order valence-electron chi connectivity index (χ3n) is 6.32. The summed E-state index contributed by atoms with van der Waals surface area (Å²) in [6.45, 7) is 1.57. The van der Waals surface area contributed by atoms with Gasteiger partial charge >= 0.3 is 6.36 Å². The molecule has 42 heavy (non-hydrogen) atoms. The Bertz CT molecular complexity index is 1360. The van der Waals surface area contributed by atoms with Gasteiger partial charge in [0.1, 0.15) is 5.75 Å². The molecule has 14 heteroatoms. The average molecular weight is 629 g/mol. The van der Waals surface area contributed by atoms with Crippen molar-refractivity contribution >= 4 is 34.1 Å². The van der Waals surface area contributed by atoms with Gasteiger partial charge in [0.15, 0.2) is 17.8 Å². The average Bonchev–Trinajstić information content (AvgIpc) is 3.32. The molecular weight excluding hydrogens is 597 g/mol. The molecule has 1 aliphatic rings. The van der Waals surface area contributed by atoms with Crippen molar-refractivity contribution in [3.05, 3.63) is 70.4 Å². The molecule has 1 aliphatic heterocycles. The van der Waals surface area contributed by atoms with Crippen LogP contribution in [0, 0.1) is 0 Å². The van der Waals surface area contributed by atoms with E-state index in [4.69, 9.17) is 21.1 Å². The maximum absolute atomic E-state index is 13.6. The van der Waals surface area contributed by atoms with Gasteiger partial charge in [-0.05, 0) is 61.1 Å². The predicted molar refractivity (Wildman–Crippen MR) is 152 cm³/mol. The molecule has 0 aliphatic carbocycles. The number of hydrogen-bond donors (Lipinski definition) is 2. The van der Waals surface area contributed by atoms with E-state index in [1.54, 1.807) is 41.9 Å². The van der Waals surface area contributed by atoms with E-state index in [0.717, 1.165) is 30.9 Å². The van der Waals surface area contributed by atoms with Crippen molar-refractivity contribution in [3.8, 4) is 5.75 Å². The van der Waals surface area contributed by atoms with Crippen LogP contribution < -0.4 is 15.4 Å². The molecule has 1 saturated heterocycles. The predicted octanol–water partition coefficient (Wildman–Crippen LogP) is 5.50. The number of anilines is 1. The number of hydrogen-bond acceptors (Lipinski definition) is 7. The highest BCUT2D eigenvalue weighted by atomic mass is 35.5. The second-order valence-corrected chi connectivity index (χ2v) is 11.3. The molecule has 3 aromatic rings. The molecule has 0 saturated carbocycles. The molecule has 228 valence electrons. The van der Waals surface area contributed by atoms with Gasteiger partial charge in [-0.15, -0.1) is 13.2 Å². The minimum absolute atomic E-state index is 0.0828. The fourth-order valence-corrected chi connectivity index (χ4v) is 5.73. The van der Waals surface area contributed by atoms with E-state index in [1.807, 2.05) is 0 Å². The van der Waals surface area contributed by atoms with Gasteiger partial charge in [0.25, 0.3) is 5.91 Å². The summed E-state index contributed by atoms with van der Waals surface area (Å²) < 4.78 is 68.5. The van der Waals surface area contributed by atoms with Crippen LogP contribution in [0.15, 0.2) is 53.7 Å². The highest BCUT2D eigenvalue weighted by molar-refractivity contribution is 7.84. The fourth-order valence-electron chi connectivity index (χ4n) is 4.39. The van der Waals surface area contributed by atoms with E-state index in [2.05, 4.69) is 20.4 Å². The monoisotopic (exact) mass is 628 g/mol. The highest BCUT2D eigenvalue weighted by Gasteiger charge is 2.31. The van der Waals surface area contributed by atoms with Crippen molar-refractivity contribution in [2.75, 3.05) is 32.1 Å². The third kappa shape index (κ3) is 9.18. The van der Waals surface area contributed by atoms with E-state index in [1.165, 1.54) is 12.1 Å². The molecule has 2 atom stereocenters. The summed E-state index contributed by atoms with van der Waals surface area (Å²) in [5.41, 5.74) is 1.28. The first-order chi connectivity index (χ1) is 20.1. The van der Waals surface area contributed by atoms with Crippen molar-refractivity contribution in [1.82, 2.24) is 14.9 Å². The van der Waals surface area contributed by atoms with Crippen LogP contribution in [0.1, 0.15) is 47.3 Å². The lowest BCUT2D eigenvalue weighted by molar-refractivity contribution is -0.274. The molecular formula is C28H32ClF3N4O5S. The molecule has 2 unspecified atom stereocenters. The Hall–Kier alpha value is -3.13.